The second-order valence-electron chi connectivity index (χ2n) is 5.57. The van der Waals surface area contributed by atoms with Crippen LogP contribution in [-0.2, 0) is 6.42 Å². The molecular weight excluding hydrogens is 345 g/mol. The summed E-state index contributed by atoms with van der Waals surface area (Å²) in [4.78, 5) is 14.4. The number of amides is 2. The third-order valence-corrected chi connectivity index (χ3v) is 4.68. The summed E-state index contributed by atoms with van der Waals surface area (Å²) < 4.78 is 0. The molecule has 2 amide bonds. The summed E-state index contributed by atoms with van der Waals surface area (Å²) >= 11 is 12.0. The average molecular weight is 360 g/mol. The maximum atomic E-state index is 12.7. The molecule has 4 nitrogen and oxygen atoms in total. The van der Waals surface area contributed by atoms with Gasteiger partial charge in [0.15, 0.2) is 0 Å². The van der Waals surface area contributed by atoms with E-state index in [0.717, 1.165) is 12.0 Å². The van der Waals surface area contributed by atoms with Crippen molar-refractivity contribution in [1.29, 1.82) is 5.26 Å². The number of carbonyl (C=O) groups excluding carboxylic acids is 1. The average Bonchev–Trinajstić information content (AvgIpc) is 2.58. The zero-order valence-electron chi connectivity index (χ0n) is 12.8. The van der Waals surface area contributed by atoms with E-state index in [2.05, 4.69) is 11.4 Å². The minimum Gasteiger partial charge on any atom is -0.316 e. The fraction of sp³-hybridized carbons (Fsp3) is 0.222. The topological polar surface area (TPSA) is 56.1 Å². The maximum Gasteiger partial charge on any atom is 0.322 e. The number of benzene rings is 2. The molecule has 2 aromatic carbocycles. The zero-order valence-corrected chi connectivity index (χ0v) is 14.3. The number of nitriles is 1. The standard InChI is InChI=1S/C18H15Cl2N3O/c19-13-5-6-16(15(20)11-13)22-18(24)23-10-8-12-3-1-2-4-14(12)17(23)7-9-21/h1-6,11,17H,7-8,10H2,(H,22,24)/t17-/m1/s1. The molecule has 0 spiro atoms. The summed E-state index contributed by atoms with van der Waals surface area (Å²) in [5, 5.41) is 12.9. The first-order chi connectivity index (χ1) is 11.6. The van der Waals surface area contributed by atoms with Gasteiger partial charge in [-0.1, -0.05) is 47.5 Å². The lowest BCUT2D eigenvalue weighted by atomic mass is 9.91. The molecule has 3 rings (SSSR count). The third-order valence-electron chi connectivity index (χ3n) is 4.13. The highest BCUT2D eigenvalue weighted by Crippen LogP contribution is 2.33. The number of nitrogens with one attached hydrogen (secondary N) is 1. The number of nitrogens with zero attached hydrogens (tertiary/aromatic N) is 2. The number of anilines is 1. The van der Waals surface area contributed by atoms with Crippen molar-refractivity contribution in [2.75, 3.05) is 11.9 Å². The quantitative estimate of drug-likeness (QED) is 0.816. The Kier molecular flexibility index (Phi) is 4.94. The van der Waals surface area contributed by atoms with Crippen molar-refractivity contribution in [2.24, 2.45) is 0 Å². The van der Waals surface area contributed by atoms with E-state index in [9.17, 15) is 4.79 Å². The van der Waals surface area contributed by atoms with E-state index in [1.807, 2.05) is 24.3 Å². The Labute approximate surface area is 150 Å². The van der Waals surface area contributed by atoms with Crippen molar-refractivity contribution in [2.45, 2.75) is 18.9 Å². The number of carbonyl (C=O) groups is 1. The number of hydrogen-bond acceptors (Lipinski definition) is 2. The Morgan fingerprint density at radius 2 is 2.08 bits per heavy atom. The molecule has 122 valence electrons. The van der Waals surface area contributed by atoms with Gasteiger partial charge >= 0.3 is 6.03 Å². The largest absolute Gasteiger partial charge is 0.322 e. The molecule has 0 saturated carbocycles. The van der Waals surface area contributed by atoms with Gasteiger partial charge < -0.3 is 10.2 Å². The van der Waals surface area contributed by atoms with Gasteiger partial charge in [0.05, 0.1) is 29.2 Å². The van der Waals surface area contributed by atoms with Crippen molar-refractivity contribution >= 4 is 34.9 Å². The first-order valence-corrected chi connectivity index (χ1v) is 8.33. The highest BCUT2D eigenvalue weighted by atomic mass is 35.5. The van der Waals surface area contributed by atoms with Gasteiger partial charge in [-0.05, 0) is 35.7 Å². The molecule has 1 heterocycles. The van der Waals surface area contributed by atoms with Crippen molar-refractivity contribution in [3.05, 3.63) is 63.6 Å². The van der Waals surface area contributed by atoms with E-state index in [1.165, 1.54) is 5.56 Å². The van der Waals surface area contributed by atoms with Crippen LogP contribution in [0.2, 0.25) is 10.0 Å². The molecule has 6 heteroatoms. The van der Waals surface area contributed by atoms with Gasteiger partial charge in [-0.3, -0.25) is 0 Å². The van der Waals surface area contributed by atoms with Crippen LogP contribution < -0.4 is 5.32 Å². The van der Waals surface area contributed by atoms with Gasteiger partial charge in [-0.15, -0.1) is 0 Å². The molecule has 0 unspecified atom stereocenters. The molecular formula is C18H15Cl2N3O. The molecule has 1 N–H and O–H groups in total. The van der Waals surface area contributed by atoms with Crippen LogP contribution in [0.4, 0.5) is 10.5 Å². The van der Waals surface area contributed by atoms with Gasteiger partial charge in [0, 0.05) is 11.6 Å². The second-order valence-corrected chi connectivity index (χ2v) is 6.42. The van der Waals surface area contributed by atoms with Crippen LogP contribution in [0.25, 0.3) is 0 Å². The van der Waals surface area contributed by atoms with Gasteiger partial charge in [-0.2, -0.15) is 5.26 Å². The summed E-state index contributed by atoms with van der Waals surface area (Å²) in [5.74, 6) is 0. The Morgan fingerprint density at radius 1 is 1.29 bits per heavy atom. The summed E-state index contributed by atoms with van der Waals surface area (Å²) in [6.45, 7) is 0.556. The summed E-state index contributed by atoms with van der Waals surface area (Å²) in [7, 11) is 0. The lowest BCUT2D eigenvalue weighted by molar-refractivity contribution is 0.183. The zero-order chi connectivity index (χ0) is 17.1. The summed E-state index contributed by atoms with van der Waals surface area (Å²) in [6.07, 6.45) is 1.01. The van der Waals surface area contributed by atoms with Gasteiger partial charge in [0.2, 0.25) is 0 Å². The molecule has 0 saturated heterocycles. The van der Waals surface area contributed by atoms with Crippen LogP contribution in [0.3, 0.4) is 0 Å². The molecule has 24 heavy (non-hydrogen) atoms. The van der Waals surface area contributed by atoms with E-state index in [4.69, 9.17) is 28.5 Å². The predicted molar refractivity (Wildman–Crippen MR) is 95.3 cm³/mol. The fourth-order valence-electron chi connectivity index (χ4n) is 2.98. The van der Waals surface area contributed by atoms with Crippen molar-refractivity contribution in [3.8, 4) is 6.07 Å². The van der Waals surface area contributed by atoms with E-state index < -0.39 is 0 Å². The van der Waals surface area contributed by atoms with Crippen LogP contribution >= 0.6 is 23.2 Å². The molecule has 1 aliphatic heterocycles. The number of rotatable bonds is 2. The molecule has 1 aliphatic rings. The van der Waals surface area contributed by atoms with Crippen LogP contribution in [-0.4, -0.2) is 17.5 Å². The highest BCUT2D eigenvalue weighted by Gasteiger charge is 2.30. The molecule has 2 aromatic rings. The number of urea groups is 1. The minimum atomic E-state index is -0.269. The van der Waals surface area contributed by atoms with E-state index in [1.54, 1.807) is 23.1 Å². The number of fused-ring (bicyclic) bond motifs is 1. The summed E-state index contributed by atoms with van der Waals surface area (Å²) in [6, 6.07) is 14.5. The fourth-order valence-corrected chi connectivity index (χ4v) is 3.43. The predicted octanol–water partition coefficient (Wildman–Crippen LogP) is 5.04. The number of halogens is 2. The van der Waals surface area contributed by atoms with Gasteiger partial charge in [0.25, 0.3) is 0 Å². The van der Waals surface area contributed by atoms with Crippen LogP contribution in [0.5, 0.6) is 0 Å². The van der Waals surface area contributed by atoms with Crippen LogP contribution in [0.15, 0.2) is 42.5 Å². The van der Waals surface area contributed by atoms with Crippen molar-refractivity contribution in [1.82, 2.24) is 4.90 Å². The second kappa shape index (κ2) is 7.12. The molecule has 1 atom stereocenters. The van der Waals surface area contributed by atoms with E-state index in [-0.39, 0.29) is 18.5 Å². The first-order valence-electron chi connectivity index (χ1n) is 7.57. The van der Waals surface area contributed by atoms with Crippen molar-refractivity contribution < 1.29 is 4.79 Å². The maximum absolute atomic E-state index is 12.7. The van der Waals surface area contributed by atoms with Crippen LogP contribution in [0.1, 0.15) is 23.6 Å². The minimum absolute atomic E-state index is 0.249. The molecule has 0 bridgehead atoms. The van der Waals surface area contributed by atoms with Gasteiger partial charge in [-0.25, -0.2) is 4.79 Å². The Balaban J connectivity index is 1.85. The van der Waals surface area contributed by atoms with Crippen molar-refractivity contribution in [3.63, 3.8) is 0 Å². The SMILES string of the molecule is N#CC[C@@H]1c2ccccc2CCN1C(=O)Nc1ccc(Cl)cc1Cl. The molecule has 0 radical (unpaired) electrons. The van der Waals surface area contributed by atoms with E-state index in [0.29, 0.717) is 22.3 Å². The molecule has 0 aromatic heterocycles. The molecule has 0 aliphatic carbocycles. The smallest absolute Gasteiger partial charge is 0.316 e. The highest BCUT2D eigenvalue weighted by molar-refractivity contribution is 6.36. The third kappa shape index (κ3) is 3.33. The number of hydrogen-bond donors (Lipinski definition) is 1. The molecule has 0 fully saturated rings. The first kappa shape index (κ1) is 16.6. The monoisotopic (exact) mass is 359 g/mol. The van der Waals surface area contributed by atoms with Gasteiger partial charge in [0.1, 0.15) is 0 Å². The lowest BCUT2D eigenvalue weighted by Gasteiger charge is -2.36. The van der Waals surface area contributed by atoms with E-state index >= 15 is 0 Å². The van der Waals surface area contributed by atoms with Crippen LogP contribution in [0, 0.1) is 11.3 Å². The Morgan fingerprint density at radius 3 is 2.83 bits per heavy atom. The Bertz CT molecular complexity index is 816. The Hall–Kier alpha value is -2.22. The normalized spacial score (nSPS) is 16.2. The lowest BCUT2D eigenvalue weighted by Crippen LogP contribution is -2.42. The summed E-state index contributed by atoms with van der Waals surface area (Å²) in [5.41, 5.74) is 2.72.